The van der Waals surface area contributed by atoms with Gasteiger partial charge in [-0.25, -0.2) is 13.1 Å². The van der Waals surface area contributed by atoms with Gasteiger partial charge in [0.25, 0.3) is 0 Å². The van der Waals surface area contributed by atoms with Crippen LogP contribution < -0.4 is 4.72 Å². The van der Waals surface area contributed by atoms with E-state index in [0.717, 1.165) is 12.8 Å². The van der Waals surface area contributed by atoms with Gasteiger partial charge in [0, 0.05) is 12.6 Å². The molecule has 0 aliphatic rings. The third-order valence-corrected chi connectivity index (χ3v) is 6.01. The van der Waals surface area contributed by atoms with Crippen molar-refractivity contribution in [3.05, 3.63) is 17.5 Å². The summed E-state index contributed by atoms with van der Waals surface area (Å²) in [6.07, 6.45) is 2.25. The highest BCUT2D eigenvalue weighted by atomic mass is 32.2. The monoisotopic (exact) mass is 291 g/mol. The van der Waals surface area contributed by atoms with Crippen LogP contribution >= 0.6 is 11.3 Å². The Kier molecular flexibility index (Phi) is 6.28. The molecule has 0 aromatic carbocycles. The highest BCUT2D eigenvalue weighted by Gasteiger charge is 2.25. The summed E-state index contributed by atoms with van der Waals surface area (Å²) in [7, 11) is -3.45. The summed E-state index contributed by atoms with van der Waals surface area (Å²) in [6.45, 7) is 4.07. The van der Waals surface area contributed by atoms with Crippen molar-refractivity contribution in [1.82, 2.24) is 4.72 Å². The Morgan fingerprint density at radius 1 is 1.39 bits per heavy atom. The van der Waals surface area contributed by atoms with Gasteiger partial charge in [-0.15, -0.1) is 11.3 Å². The number of aliphatic hydroxyl groups excluding tert-OH is 1. The highest BCUT2D eigenvalue weighted by Crippen LogP contribution is 2.21. The molecule has 18 heavy (non-hydrogen) atoms. The SMILES string of the molecule is CCC(CC)[C@H](CCO)NS(=O)(=O)c1cccs1. The first-order valence-electron chi connectivity index (χ1n) is 6.21. The lowest BCUT2D eigenvalue weighted by molar-refractivity contribution is 0.242. The Labute approximate surface area is 113 Å². The molecular formula is C12H21NO3S2. The third kappa shape index (κ3) is 4.05. The van der Waals surface area contributed by atoms with Gasteiger partial charge in [0.15, 0.2) is 0 Å². The van der Waals surface area contributed by atoms with Crippen LogP contribution in [0.5, 0.6) is 0 Å². The van der Waals surface area contributed by atoms with E-state index >= 15 is 0 Å². The third-order valence-electron chi connectivity index (χ3n) is 3.12. The zero-order valence-electron chi connectivity index (χ0n) is 10.8. The van der Waals surface area contributed by atoms with Gasteiger partial charge < -0.3 is 5.11 Å². The number of hydrogen-bond acceptors (Lipinski definition) is 4. The fourth-order valence-corrected chi connectivity index (χ4v) is 4.41. The Bertz CT molecular complexity index is 424. The molecule has 1 heterocycles. The standard InChI is InChI=1S/C12H21NO3S2/c1-3-10(4-2)11(7-8-14)13-18(15,16)12-6-5-9-17-12/h5-6,9-11,13-14H,3-4,7-8H2,1-2H3/t11-/m0/s1. The van der Waals surface area contributed by atoms with Crippen molar-refractivity contribution in [1.29, 1.82) is 0 Å². The first-order chi connectivity index (χ1) is 8.55. The van der Waals surface area contributed by atoms with Gasteiger partial charge in [-0.05, 0) is 23.8 Å². The first-order valence-corrected chi connectivity index (χ1v) is 8.58. The summed E-state index contributed by atoms with van der Waals surface area (Å²) in [5.41, 5.74) is 0. The number of aliphatic hydroxyl groups is 1. The molecule has 1 atom stereocenters. The van der Waals surface area contributed by atoms with Crippen molar-refractivity contribution in [3.8, 4) is 0 Å². The lowest BCUT2D eigenvalue weighted by Crippen LogP contribution is -2.40. The van der Waals surface area contributed by atoms with Crippen LogP contribution in [0.15, 0.2) is 21.7 Å². The maximum absolute atomic E-state index is 12.1. The molecular weight excluding hydrogens is 270 g/mol. The van der Waals surface area contributed by atoms with Gasteiger partial charge in [0.1, 0.15) is 4.21 Å². The van der Waals surface area contributed by atoms with Crippen LogP contribution in [-0.2, 0) is 10.0 Å². The zero-order chi connectivity index (χ0) is 13.6. The second kappa shape index (κ2) is 7.23. The van der Waals surface area contributed by atoms with E-state index in [1.165, 1.54) is 11.3 Å². The van der Waals surface area contributed by atoms with E-state index in [0.29, 0.717) is 10.6 Å². The van der Waals surface area contributed by atoms with Crippen LogP contribution in [0.1, 0.15) is 33.1 Å². The van der Waals surface area contributed by atoms with Crippen molar-refractivity contribution >= 4 is 21.4 Å². The molecule has 104 valence electrons. The molecule has 1 rings (SSSR count). The Hall–Kier alpha value is -0.430. The Balaban J connectivity index is 2.83. The minimum Gasteiger partial charge on any atom is -0.396 e. The molecule has 1 aromatic rings. The zero-order valence-corrected chi connectivity index (χ0v) is 12.4. The number of sulfonamides is 1. The van der Waals surface area contributed by atoms with Crippen molar-refractivity contribution < 1.29 is 13.5 Å². The largest absolute Gasteiger partial charge is 0.396 e. The minimum atomic E-state index is -3.45. The first kappa shape index (κ1) is 15.6. The van der Waals surface area contributed by atoms with Crippen LogP contribution in [0, 0.1) is 5.92 Å². The summed E-state index contributed by atoms with van der Waals surface area (Å²) >= 11 is 1.20. The Morgan fingerprint density at radius 2 is 2.06 bits per heavy atom. The number of rotatable bonds is 8. The summed E-state index contributed by atoms with van der Waals surface area (Å²) in [6, 6.07) is 3.12. The van der Waals surface area contributed by atoms with Crippen LogP contribution in [0.2, 0.25) is 0 Å². The maximum Gasteiger partial charge on any atom is 0.250 e. The van der Waals surface area contributed by atoms with Gasteiger partial charge in [0.2, 0.25) is 10.0 Å². The molecule has 0 radical (unpaired) electrons. The van der Waals surface area contributed by atoms with E-state index in [1.54, 1.807) is 17.5 Å². The molecule has 2 N–H and O–H groups in total. The molecule has 0 aliphatic carbocycles. The minimum absolute atomic E-state index is 0.00583. The molecule has 4 nitrogen and oxygen atoms in total. The van der Waals surface area contributed by atoms with Crippen molar-refractivity contribution in [3.63, 3.8) is 0 Å². The van der Waals surface area contributed by atoms with E-state index in [4.69, 9.17) is 5.11 Å². The average Bonchev–Trinajstić information content (AvgIpc) is 2.84. The number of nitrogens with one attached hydrogen (secondary N) is 1. The average molecular weight is 291 g/mol. The van der Waals surface area contributed by atoms with Gasteiger partial charge in [0.05, 0.1) is 0 Å². The maximum atomic E-state index is 12.1. The lowest BCUT2D eigenvalue weighted by Gasteiger charge is -2.25. The Morgan fingerprint density at radius 3 is 2.50 bits per heavy atom. The van der Waals surface area contributed by atoms with Crippen LogP contribution in [0.25, 0.3) is 0 Å². The lowest BCUT2D eigenvalue weighted by atomic mass is 9.93. The number of thiophene rings is 1. The molecule has 1 aromatic heterocycles. The predicted molar refractivity (Wildman–Crippen MR) is 74.2 cm³/mol. The fraction of sp³-hybridized carbons (Fsp3) is 0.667. The molecule has 6 heteroatoms. The van der Waals surface area contributed by atoms with E-state index in [2.05, 4.69) is 4.72 Å². The van der Waals surface area contributed by atoms with Gasteiger partial charge in [-0.3, -0.25) is 0 Å². The molecule has 0 aliphatic heterocycles. The summed E-state index contributed by atoms with van der Waals surface area (Å²) in [5.74, 6) is 0.256. The van der Waals surface area contributed by atoms with Gasteiger partial charge >= 0.3 is 0 Å². The summed E-state index contributed by atoms with van der Waals surface area (Å²) in [4.78, 5) is 0. The predicted octanol–water partition coefficient (Wildman–Crippen LogP) is 2.21. The molecule has 0 saturated heterocycles. The quantitative estimate of drug-likeness (QED) is 0.772. The molecule has 0 bridgehead atoms. The van der Waals surface area contributed by atoms with Gasteiger partial charge in [-0.1, -0.05) is 32.8 Å². The smallest absolute Gasteiger partial charge is 0.250 e. The molecule has 0 spiro atoms. The van der Waals surface area contributed by atoms with Crippen molar-refractivity contribution in [2.45, 2.75) is 43.4 Å². The van der Waals surface area contributed by atoms with E-state index in [1.807, 2.05) is 13.8 Å². The molecule has 0 saturated carbocycles. The second-order valence-corrected chi connectivity index (χ2v) is 7.14. The molecule has 0 fully saturated rings. The van der Waals surface area contributed by atoms with Crippen LogP contribution in [0.3, 0.4) is 0 Å². The molecule has 0 amide bonds. The topological polar surface area (TPSA) is 66.4 Å². The van der Waals surface area contributed by atoms with E-state index in [9.17, 15) is 8.42 Å². The van der Waals surface area contributed by atoms with Crippen LogP contribution in [-0.4, -0.2) is 26.2 Å². The molecule has 0 unspecified atom stereocenters. The van der Waals surface area contributed by atoms with E-state index in [-0.39, 0.29) is 18.6 Å². The normalized spacial score (nSPS) is 14.0. The highest BCUT2D eigenvalue weighted by molar-refractivity contribution is 7.91. The summed E-state index contributed by atoms with van der Waals surface area (Å²) in [5, 5.41) is 10.8. The van der Waals surface area contributed by atoms with Crippen molar-refractivity contribution in [2.24, 2.45) is 5.92 Å². The second-order valence-electron chi connectivity index (χ2n) is 4.25. The fourth-order valence-electron chi connectivity index (χ4n) is 2.06. The van der Waals surface area contributed by atoms with Crippen molar-refractivity contribution in [2.75, 3.05) is 6.61 Å². The number of hydrogen-bond donors (Lipinski definition) is 2. The van der Waals surface area contributed by atoms with Crippen LogP contribution in [0.4, 0.5) is 0 Å². The van der Waals surface area contributed by atoms with Gasteiger partial charge in [-0.2, -0.15) is 0 Å². The van der Waals surface area contributed by atoms with E-state index < -0.39 is 10.0 Å². The summed E-state index contributed by atoms with van der Waals surface area (Å²) < 4.78 is 27.3.